The maximum atomic E-state index is 12.6. The van der Waals surface area contributed by atoms with Gasteiger partial charge in [0, 0.05) is 23.5 Å². The fourth-order valence-corrected chi connectivity index (χ4v) is 3.58. The number of nitrogens with one attached hydrogen (secondary N) is 2. The van der Waals surface area contributed by atoms with E-state index in [4.69, 9.17) is 9.47 Å². The molecule has 31 heavy (non-hydrogen) atoms. The zero-order chi connectivity index (χ0) is 22.4. The van der Waals surface area contributed by atoms with E-state index in [2.05, 4.69) is 24.1 Å². The van der Waals surface area contributed by atoms with Crippen LogP contribution < -0.4 is 10.1 Å². The van der Waals surface area contributed by atoms with Crippen molar-refractivity contribution in [3.63, 3.8) is 0 Å². The first-order valence-electron chi connectivity index (χ1n) is 10.6. The second-order valence-corrected chi connectivity index (χ2v) is 7.92. The molecule has 1 heterocycles. The molecule has 164 valence electrons. The number of aromatic nitrogens is 1. The normalized spacial score (nSPS) is 12.0. The number of aromatic amines is 1. The Morgan fingerprint density at radius 3 is 2.65 bits per heavy atom. The van der Waals surface area contributed by atoms with Crippen LogP contribution in [0.3, 0.4) is 0 Å². The van der Waals surface area contributed by atoms with Gasteiger partial charge in [0.2, 0.25) is 0 Å². The molecule has 3 rings (SSSR count). The summed E-state index contributed by atoms with van der Waals surface area (Å²) in [6.45, 7) is 7.96. The number of H-pyrrole nitrogens is 1. The summed E-state index contributed by atoms with van der Waals surface area (Å²) in [6.07, 6.45) is 2.19. The van der Waals surface area contributed by atoms with Gasteiger partial charge in [0.05, 0.1) is 6.61 Å². The number of ether oxygens (including phenoxy) is 2. The summed E-state index contributed by atoms with van der Waals surface area (Å²) in [4.78, 5) is 28.4. The van der Waals surface area contributed by atoms with E-state index in [0.717, 1.165) is 27.6 Å². The highest BCUT2D eigenvalue weighted by molar-refractivity contribution is 5.87. The number of carbonyl (C=O) groups excluding carboxylic acids is 2. The number of esters is 1. The molecule has 0 spiro atoms. The Morgan fingerprint density at radius 2 is 1.90 bits per heavy atom. The van der Waals surface area contributed by atoms with Crippen molar-refractivity contribution in [3.05, 3.63) is 65.4 Å². The smallest absolute Gasteiger partial charge is 0.328 e. The van der Waals surface area contributed by atoms with E-state index in [0.29, 0.717) is 12.2 Å². The predicted octanol–water partition coefficient (Wildman–Crippen LogP) is 4.27. The molecule has 2 N–H and O–H groups in total. The van der Waals surface area contributed by atoms with Crippen molar-refractivity contribution < 1.29 is 19.1 Å². The molecule has 3 aromatic rings. The lowest BCUT2D eigenvalue weighted by atomic mass is 10.0. The molecule has 0 aliphatic carbocycles. The second-order valence-electron chi connectivity index (χ2n) is 7.92. The quantitative estimate of drug-likeness (QED) is 0.505. The third kappa shape index (κ3) is 5.66. The SMILES string of the molecule is CCOC(=O)C(Cc1c[nH]c2ccccc12)NC(=O)COc1cc(C)ccc1C(C)C. The molecule has 0 saturated carbocycles. The van der Waals surface area contributed by atoms with Crippen molar-refractivity contribution in [2.45, 2.75) is 46.1 Å². The van der Waals surface area contributed by atoms with Gasteiger partial charge in [-0.1, -0.05) is 44.2 Å². The highest BCUT2D eigenvalue weighted by Gasteiger charge is 2.24. The van der Waals surface area contributed by atoms with Gasteiger partial charge in [0.1, 0.15) is 11.8 Å². The van der Waals surface area contributed by atoms with Gasteiger partial charge in [-0.15, -0.1) is 0 Å². The Balaban J connectivity index is 1.70. The van der Waals surface area contributed by atoms with Crippen LogP contribution >= 0.6 is 0 Å². The average molecular weight is 423 g/mol. The highest BCUT2D eigenvalue weighted by atomic mass is 16.5. The fourth-order valence-electron chi connectivity index (χ4n) is 3.58. The Labute approximate surface area is 182 Å². The number of aryl methyl sites for hydroxylation is 1. The van der Waals surface area contributed by atoms with E-state index in [9.17, 15) is 9.59 Å². The number of hydrogen-bond donors (Lipinski definition) is 2. The van der Waals surface area contributed by atoms with Gasteiger partial charge in [-0.25, -0.2) is 4.79 Å². The summed E-state index contributed by atoms with van der Waals surface area (Å²) in [5, 5.41) is 3.80. The zero-order valence-corrected chi connectivity index (χ0v) is 18.5. The van der Waals surface area contributed by atoms with Gasteiger partial charge < -0.3 is 19.8 Å². The van der Waals surface area contributed by atoms with Gasteiger partial charge in [-0.2, -0.15) is 0 Å². The average Bonchev–Trinajstić information content (AvgIpc) is 3.14. The molecular formula is C25H30N2O4. The van der Waals surface area contributed by atoms with Crippen LogP contribution in [0, 0.1) is 6.92 Å². The van der Waals surface area contributed by atoms with Crippen molar-refractivity contribution >= 4 is 22.8 Å². The van der Waals surface area contributed by atoms with Crippen LogP contribution in [0.25, 0.3) is 10.9 Å². The Kier molecular flexibility index (Phi) is 7.34. The largest absolute Gasteiger partial charge is 0.483 e. The zero-order valence-electron chi connectivity index (χ0n) is 18.5. The first-order chi connectivity index (χ1) is 14.9. The minimum Gasteiger partial charge on any atom is -0.483 e. The molecule has 0 aliphatic rings. The van der Waals surface area contributed by atoms with Crippen LogP contribution in [0.15, 0.2) is 48.7 Å². The summed E-state index contributed by atoms with van der Waals surface area (Å²) in [5.74, 6) is 0.135. The Hall–Kier alpha value is -3.28. The van der Waals surface area contributed by atoms with Crippen LogP contribution in [0.1, 0.15) is 43.4 Å². The third-order valence-electron chi connectivity index (χ3n) is 5.16. The number of hydrogen-bond acceptors (Lipinski definition) is 4. The van der Waals surface area contributed by atoms with Crippen LogP contribution in [-0.4, -0.2) is 36.1 Å². The topological polar surface area (TPSA) is 80.4 Å². The number of fused-ring (bicyclic) bond motifs is 1. The first kappa shape index (κ1) is 22.4. The van der Waals surface area contributed by atoms with Crippen molar-refractivity contribution in [1.82, 2.24) is 10.3 Å². The number of amides is 1. The number of rotatable bonds is 9. The first-order valence-corrected chi connectivity index (χ1v) is 10.6. The third-order valence-corrected chi connectivity index (χ3v) is 5.16. The van der Waals surface area contributed by atoms with E-state index in [1.54, 1.807) is 6.92 Å². The van der Waals surface area contributed by atoms with Crippen molar-refractivity contribution in [3.8, 4) is 5.75 Å². The molecule has 0 aliphatic heterocycles. The van der Waals surface area contributed by atoms with Gasteiger partial charge in [0.15, 0.2) is 6.61 Å². The maximum Gasteiger partial charge on any atom is 0.328 e. The molecule has 0 fully saturated rings. The van der Waals surface area contributed by atoms with Gasteiger partial charge in [-0.3, -0.25) is 4.79 Å². The number of benzene rings is 2. The molecule has 1 aromatic heterocycles. The molecule has 6 nitrogen and oxygen atoms in total. The summed E-state index contributed by atoms with van der Waals surface area (Å²) >= 11 is 0. The Bertz CT molecular complexity index is 1050. The van der Waals surface area contributed by atoms with Gasteiger partial charge >= 0.3 is 5.97 Å². The lowest BCUT2D eigenvalue weighted by Crippen LogP contribution is -2.45. The molecule has 0 radical (unpaired) electrons. The standard InChI is InChI=1S/C25H30N2O4/c1-5-30-25(29)22(13-18-14-26-21-9-7-6-8-20(18)21)27-24(28)15-31-23-12-17(4)10-11-19(23)16(2)3/h6-12,14,16,22,26H,5,13,15H2,1-4H3,(H,27,28). The molecule has 2 aromatic carbocycles. The molecule has 6 heteroatoms. The lowest BCUT2D eigenvalue weighted by molar-refractivity contribution is -0.147. The van der Waals surface area contributed by atoms with Crippen LogP contribution in [0.5, 0.6) is 5.75 Å². The van der Waals surface area contributed by atoms with E-state index in [1.165, 1.54) is 0 Å². The number of para-hydroxylation sites is 1. The summed E-state index contributed by atoms with van der Waals surface area (Å²) in [6, 6.07) is 13.0. The predicted molar refractivity (Wildman–Crippen MR) is 121 cm³/mol. The van der Waals surface area contributed by atoms with Crippen molar-refractivity contribution in [1.29, 1.82) is 0 Å². The van der Waals surface area contributed by atoms with Gasteiger partial charge in [0.25, 0.3) is 5.91 Å². The van der Waals surface area contributed by atoms with Crippen LogP contribution in [0.4, 0.5) is 0 Å². The lowest BCUT2D eigenvalue weighted by Gasteiger charge is -2.18. The van der Waals surface area contributed by atoms with E-state index in [-0.39, 0.29) is 25.0 Å². The minimum atomic E-state index is -0.794. The van der Waals surface area contributed by atoms with E-state index < -0.39 is 12.0 Å². The fraction of sp³-hybridized carbons (Fsp3) is 0.360. The maximum absolute atomic E-state index is 12.6. The number of carbonyl (C=O) groups is 2. The summed E-state index contributed by atoms with van der Waals surface area (Å²) in [7, 11) is 0. The van der Waals surface area contributed by atoms with E-state index >= 15 is 0 Å². The monoisotopic (exact) mass is 422 g/mol. The Morgan fingerprint density at radius 1 is 1.13 bits per heavy atom. The van der Waals surface area contributed by atoms with Crippen LogP contribution in [-0.2, 0) is 20.7 Å². The molecule has 0 bridgehead atoms. The van der Waals surface area contributed by atoms with Crippen LogP contribution in [0.2, 0.25) is 0 Å². The second kappa shape index (κ2) is 10.2. The highest BCUT2D eigenvalue weighted by Crippen LogP contribution is 2.27. The summed E-state index contributed by atoms with van der Waals surface area (Å²) in [5.41, 5.74) is 4.02. The van der Waals surface area contributed by atoms with Crippen molar-refractivity contribution in [2.75, 3.05) is 13.2 Å². The molecular weight excluding hydrogens is 392 g/mol. The minimum absolute atomic E-state index is 0.174. The molecule has 1 unspecified atom stereocenters. The van der Waals surface area contributed by atoms with E-state index in [1.807, 2.05) is 55.6 Å². The molecule has 0 saturated heterocycles. The van der Waals surface area contributed by atoms with Crippen molar-refractivity contribution in [2.24, 2.45) is 0 Å². The molecule has 1 amide bonds. The summed E-state index contributed by atoms with van der Waals surface area (Å²) < 4.78 is 11.0. The molecule has 1 atom stereocenters. The van der Waals surface area contributed by atoms with Gasteiger partial charge in [-0.05, 0) is 48.6 Å².